The quantitative estimate of drug-likeness (QED) is 0.592. The van der Waals surface area contributed by atoms with Gasteiger partial charge < -0.3 is 4.98 Å². The predicted octanol–water partition coefficient (Wildman–Crippen LogP) is 6.24. The summed E-state index contributed by atoms with van der Waals surface area (Å²) in [6, 6.07) is 7.40. The Morgan fingerprint density at radius 3 is 2.67 bits per heavy atom. The molecule has 4 rings (SSSR count). The Hall–Kier alpha value is -2.63. The first-order chi connectivity index (χ1) is 13.0. The molecule has 1 saturated carbocycles. The molecule has 1 aromatic carbocycles. The molecule has 1 aliphatic carbocycles. The lowest BCUT2D eigenvalue weighted by Crippen LogP contribution is -2.08. The number of H-pyrrole nitrogens is 1. The zero-order valence-electron chi connectivity index (χ0n) is 14.8. The van der Waals surface area contributed by atoms with Crippen LogP contribution >= 0.6 is 0 Å². The zero-order valence-corrected chi connectivity index (χ0v) is 14.8. The van der Waals surface area contributed by atoms with Gasteiger partial charge in [0.05, 0.1) is 22.3 Å². The average molecular weight is 371 g/mol. The molecule has 1 N–H and O–H groups in total. The third-order valence-electron chi connectivity index (χ3n) is 5.06. The summed E-state index contributed by atoms with van der Waals surface area (Å²) in [5, 5.41) is 0. The molecule has 3 nitrogen and oxygen atoms in total. The van der Waals surface area contributed by atoms with Gasteiger partial charge in [0.2, 0.25) is 0 Å². The van der Waals surface area contributed by atoms with Crippen LogP contribution in [0, 0.1) is 5.92 Å². The Kier molecular flexibility index (Phi) is 4.72. The van der Waals surface area contributed by atoms with E-state index in [9.17, 15) is 13.2 Å². The van der Waals surface area contributed by atoms with Crippen LogP contribution in [0.3, 0.4) is 0 Å². The van der Waals surface area contributed by atoms with Crippen LogP contribution in [-0.4, -0.2) is 15.0 Å². The molecule has 0 bridgehead atoms. The lowest BCUT2D eigenvalue weighted by Gasteiger charge is -2.17. The number of benzene rings is 1. The number of imidazole rings is 1. The number of rotatable bonds is 3. The topological polar surface area (TPSA) is 41.6 Å². The smallest absolute Gasteiger partial charge is 0.338 e. The van der Waals surface area contributed by atoms with E-state index in [-0.39, 0.29) is 5.69 Å². The Morgan fingerprint density at radius 1 is 1.07 bits per heavy atom. The molecule has 2 aromatic heterocycles. The number of aromatic nitrogens is 3. The van der Waals surface area contributed by atoms with E-state index in [0.29, 0.717) is 17.0 Å². The van der Waals surface area contributed by atoms with E-state index in [1.807, 2.05) is 6.08 Å². The van der Waals surface area contributed by atoms with E-state index in [1.165, 1.54) is 44.4 Å². The van der Waals surface area contributed by atoms with Gasteiger partial charge in [0.25, 0.3) is 0 Å². The summed E-state index contributed by atoms with van der Waals surface area (Å²) >= 11 is 0. The monoisotopic (exact) mass is 371 g/mol. The summed E-state index contributed by atoms with van der Waals surface area (Å²) in [6.07, 6.45) is 7.37. The molecule has 0 saturated heterocycles. The van der Waals surface area contributed by atoms with Crippen LogP contribution in [-0.2, 0) is 6.18 Å². The fourth-order valence-corrected chi connectivity index (χ4v) is 3.67. The van der Waals surface area contributed by atoms with Gasteiger partial charge in [-0.2, -0.15) is 13.2 Å². The van der Waals surface area contributed by atoms with Gasteiger partial charge in [-0.25, -0.2) is 4.98 Å². The molecule has 3 aromatic rings. The number of aromatic amines is 1. The molecule has 1 aliphatic rings. The fourth-order valence-electron chi connectivity index (χ4n) is 3.67. The van der Waals surface area contributed by atoms with Crippen molar-refractivity contribution in [2.75, 3.05) is 0 Å². The number of nitrogens with one attached hydrogen (secondary N) is 1. The van der Waals surface area contributed by atoms with Crippen molar-refractivity contribution >= 4 is 17.1 Å². The van der Waals surface area contributed by atoms with Crippen molar-refractivity contribution < 1.29 is 13.2 Å². The van der Waals surface area contributed by atoms with Gasteiger partial charge in [-0.3, -0.25) is 4.98 Å². The summed E-state index contributed by atoms with van der Waals surface area (Å²) in [4.78, 5) is 11.7. The van der Waals surface area contributed by atoms with Gasteiger partial charge in [0.15, 0.2) is 0 Å². The first kappa shape index (κ1) is 17.8. The first-order valence-corrected chi connectivity index (χ1v) is 9.21. The van der Waals surface area contributed by atoms with Crippen LogP contribution in [0.2, 0.25) is 0 Å². The highest BCUT2D eigenvalue weighted by molar-refractivity contribution is 5.83. The van der Waals surface area contributed by atoms with Crippen molar-refractivity contribution in [1.29, 1.82) is 0 Å². The van der Waals surface area contributed by atoms with Crippen LogP contribution in [0.4, 0.5) is 13.2 Å². The van der Waals surface area contributed by atoms with E-state index in [0.717, 1.165) is 17.4 Å². The van der Waals surface area contributed by atoms with Gasteiger partial charge in [0, 0.05) is 11.8 Å². The third kappa shape index (κ3) is 3.89. The minimum Gasteiger partial charge on any atom is -0.338 e. The normalized spacial score (nSPS) is 16.4. The second kappa shape index (κ2) is 7.18. The number of allylic oxidation sites excluding steroid dienone is 1. The van der Waals surface area contributed by atoms with Crippen LogP contribution < -0.4 is 0 Å². The zero-order chi connectivity index (χ0) is 18.9. The number of fused-ring (bicyclic) bond motifs is 1. The van der Waals surface area contributed by atoms with E-state index >= 15 is 0 Å². The fraction of sp³-hybridized carbons (Fsp3) is 0.333. The SMILES string of the molecule is FC(F)(F)c1cccnc1-c1ccc2[nH]c(C=CC3CCCCC3)nc2c1. The molecule has 0 amide bonds. The molecular formula is C21H20F3N3. The van der Waals surface area contributed by atoms with Crippen molar-refractivity contribution in [2.45, 2.75) is 38.3 Å². The molecule has 27 heavy (non-hydrogen) atoms. The molecule has 0 radical (unpaired) electrons. The third-order valence-corrected chi connectivity index (χ3v) is 5.06. The minimum absolute atomic E-state index is 0.0748. The van der Waals surface area contributed by atoms with Gasteiger partial charge >= 0.3 is 6.18 Å². The highest BCUT2D eigenvalue weighted by atomic mass is 19.4. The van der Waals surface area contributed by atoms with Gasteiger partial charge in [-0.15, -0.1) is 0 Å². The van der Waals surface area contributed by atoms with Gasteiger partial charge in [-0.05, 0) is 49.1 Å². The van der Waals surface area contributed by atoms with E-state index in [2.05, 4.69) is 21.0 Å². The Balaban J connectivity index is 1.65. The predicted molar refractivity (Wildman–Crippen MR) is 99.9 cm³/mol. The van der Waals surface area contributed by atoms with Crippen molar-refractivity contribution in [1.82, 2.24) is 15.0 Å². The Labute approximate surface area is 155 Å². The standard InChI is InChI=1S/C21H20F3N3/c22-21(23,24)16-7-4-12-25-20(16)15-9-10-17-18(13-15)27-19(26-17)11-8-14-5-2-1-3-6-14/h4,7-14H,1-3,5-6H2,(H,26,27). The van der Waals surface area contributed by atoms with E-state index < -0.39 is 11.7 Å². The number of alkyl halides is 3. The summed E-state index contributed by atoms with van der Waals surface area (Å²) in [7, 11) is 0. The van der Waals surface area contributed by atoms with Crippen LogP contribution in [0.1, 0.15) is 43.5 Å². The van der Waals surface area contributed by atoms with E-state index in [1.54, 1.807) is 18.2 Å². The Bertz CT molecular complexity index is 966. The molecule has 0 atom stereocenters. The lowest BCUT2D eigenvalue weighted by molar-refractivity contribution is -0.137. The van der Waals surface area contributed by atoms with E-state index in [4.69, 9.17) is 0 Å². The number of hydrogen-bond acceptors (Lipinski definition) is 2. The minimum atomic E-state index is -4.45. The summed E-state index contributed by atoms with van der Waals surface area (Å²) in [6.45, 7) is 0. The van der Waals surface area contributed by atoms with Crippen molar-refractivity contribution in [3.63, 3.8) is 0 Å². The molecule has 6 heteroatoms. The first-order valence-electron chi connectivity index (χ1n) is 9.21. The maximum Gasteiger partial charge on any atom is 0.418 e. The molecule has 0 aliphatic heterocycles. The van der Waals surface area contributed by atoms with Gasteiger partial charge in [-0.1, -0.05) is 31.4 Å². The van der Waals surface area contributed by atoms with Crippen molar-refractivity contribution in [3.05, 3.63) is 54.0 Å². The largest absolute Gasteiger partial charge is 0.418 e. The molecule has 2 heterocycles. The summed E-state index contributed by atoms with van der Waals surface area (Å²) < 4.78 is 39.8. The lowest BCUT2D eigenvalue weighted by atomic mass is 9.89. The highest BCUT2D eigenvalue weighted by Gasteiger charge is 2.34. The highest BCUT2D eigenvalue weighted by Crippen LogP contribution is 2.36. The molecule has 140 valence electrons. The maximum absolute atomic E-state index is 13.3. The maximum atomic E-state index is 13.3. The number of pyridine rings is 1. The second-order valence-electron chi connectivity index (χ2n) is 7.01. The van der Waals surface area contributed by atoms with Crippen LogP contribution in [0.5, 0.6) is 0 Å². The summed E-state index contributed by atoms with van der Waals surface area (Å²) in [5.41, 5.74) is 1.03. The molecule has 0 unspecified atom stereocenters. The average Bonchev–Trinajstić information content (AvgIpc) is 3.08. The van der Waals surface area contributed by atoms with Crippen molar-refractivity contribution in [2.24, 2.45) is 5.92 Å². The van der Waals surface area contributed by atoms with Gasteiger partial charge in [0.1, 0.15) is 5.82 Å². The number of nitrogens with zero attached hydrogens (tertiary/aromatic N) is 2. The number of hydrogen-bond donors (Lipinski definition) is 1. The molecular weight excluding hydrogens is 351 g/mol. The Morgan fingerprint density at radius 2 is 1.89 bits per heavy atom. The summed E-state index contributed by atoms with van der Waals surface area (Å²) in [5.74, 6) is 1.31. The molecule has 0 spiro atoms. The molecule has 1 fully saturated rings. The van der Waals surface area contributed by atoms with Crippen LogP contribution in [0.15, 0.2) is 42.6 Å². The second-order valence-corrected chi connectivity index (χ2v) is 7.01. The number of halogens is 3. The van der Waals surface area contributed by atoms with Crippen LogP contribution in [0.25, 0.3) is 28.4 Å². The van der Waals surface area contributed by atoms with Crippen molar-refractivity contribution in [3.8, 4) is 11.3 Å².